The number of thiazole rings is 1. The number of pyridine rings is 1. The highest BCUT2D eigenvalue weighted by Gasteiger charge is 2.29. The van der Waals surface area contributed by atoms with Crippen molar-refractivity contribution in [3.05, 3.63) is 90.4 Å². The highest BCUT2D eigenvalue weighted by atomic mass is 32.2. The largest absolute Gasteiger partial charge is 0.396 e. The molecule has 4 aromatic heterocycles. The second-order valence-electron chi connectivity index (χ2n) is 8.57. The van der Waals surface area contributed by atoms with E-state index in [4.69, 9.17) is 21.1 Å². The van der Waals surface area contributed by atoms with Gasteiger partial charge in [0, 0.05) is 41.2 Å². The third-order valence-corrected chi connectivity index (χ3v) is 9.59. The second kappa shape index (κ2) is 17.5. The van der Waals surface area contributed by atoms with Crippen molar-refractivity contribution >= 4 is 56.1 Å². The maximum absolute atomic E-state index is 12.9. The fourth-order valence-corrected chi connectivity index (χ4v) is 7.21. The zero-order valence-electron chi connectivity index (χ0n) is 24.0. The molecule has 0 radical (unpaired) electrons. The molecule has 10 heteroatoms. The molecule has 42 heavy (non-hydrogen) atoms. The van der Waals surface area contributed by atoms with E-state index >= 15 is 0 Å². The molecular formula is C32H34N6OS3. The average Bonchev–Trinajstić information content (AvgIpc) is 3.38. The van der Waals surface area contributed by atoms with Crippen LogP contribution in [0.3, 0.4) is 0 Å². The van der Waals surface area contributed by atoms with Crippen LogP contribution >= 0.6 is 22.7 Å². The van der Waals surface area contributed by atoms with Crippen LogP contribution in [0.1, 0.15) is 44.3 Å². The van der Waals surface area contributed by atoms with Gasteiger partial charge in [-0.3, -0.25) is 4.21 Å². The summed E-state index contributed by atoms with van der Waals surface area (Å²) in [7, 11) is 0.949. The lowest BCUT2D eigenvalue weighted by atomic mass is 10.1. The first-order valence-electron chi connectivity index (χ1n) is 12.9. The van der Waals surface area contributed by atoms with Crippen molar-refractivity contribution in [2.45, 2.75) is 42.7 Å². The summed E-state index contributed by atoms with van der Waals surface area (Å²) in [6.07, 6.45) is 8.03. The van der Waals surface area contributed by atoms with Crippen molar-refractivity contribution in [1.82, 2.24) is 19.5 Å². The van der Waals surface area contributed by atoms with E-state index in [9.17, 15) is 4.21 Å². The molecule has 1 atom stereocenters. The second-order valence-corrected chi connectivity index (χ2v) is 12.2. The molecule has 0 saturated heterocycles. The van der Waals surface area contributed by atoms with Crippen molar-refractivity contribution in [3.8, 4) is 22.0 Å². The van der Waals surface area contributed by atoms with Crippen LogP contribution in [-0.4, -0.2) is 36.2 Å². The summed E-state index contributed by atoms with van der Waals surface area (Å²) >= 11 is 3.00. The first-order chi connectivity index (χ1) is 20.4. The molecule has 7 nitrogen and oxygen atoms in total. The molecule has 3 N–H and O–H groups in total. The molecule has 216 valence electrons. The first kappa shape index (κ1) is 33.9. The number of nitrogen functional groups attached to an aromatic ring is 1. The third kappa shape index (κ3) is 8.61. The molecule has 0 amide bonds. The lowest BCUT2D eigenvalue weighted by Gasteiger charge is -2.09. The Morgan fingerprint density at radius 3 is 2.26 bits per heavy atom. The van der Waals surface area contributed by atoms with Crippen LogP contribution in [0.5, 0.6) is 0 Å². The number of aromatic nitrogens is 4. The Morgan fingerprint density at radius 1 is 1.12 bits per heavy atom. The first-order valence-corrected chi connectivity index (χ1v) is 15.9. The molecule has 0 spiro atoms. The normalized spacial score (nSPS) is 11.7. The number of nitrogens with one attached hydrogen (secondary N) is 1. The van der Waals surface area contributed by atoms with Crippen LogP contribution in [0, 0.1) is 5.41 Å². The Hall–Kier alpha value is -4.27. The minimum absolute atomic E-state index is 0.552. The van der Waals surface area contributed by atoms with E-state index in [1.807, 2.05) is 11.6 Å². The minimum Gasteiger partial charge on any atom is -0.396 e. The number of fused-ring (bicyclic) bond motifs is 1. The van der Waals surface area contributed by atoms with E-state index in [-0.39, 0.29) is 0 Å². The van der Waals surface area contributed by atoms with Gasteiger partial charge in [-0.15, -0.1) is 22.7 Å². The molecule has 4 heterocycles. The molecule has 1 fully saturated rings. The number of hydrogen-bond donors (Lipinski definition) is 2. The van der Waals surface area contributed by atoms with Gasteiger partial charge in [0.2, 0.25) is 0 Å². The Kier molecular flexibility index (Phi) is 14.2. The van der Waals surface area contributed by atoms with Crippen molar-refractivity contribution < 1.29 is 4.21 Å². The van der Waals surface area contributed by atoms with E-state index in [2.05, 4.69) is 97.0 Å². The summed E-state index contributed by atoms with van der Waals surface area (Å²) in [5.74, 6) is 2.29. The number of imidazole rings is 1. The number of anilines is 1. The van der Waals surface area contributed by atoms with Gasteiger partial charge in [0.15, 0.2) is 0 Å². The topological polar surface area (TPSA) is 111 Å². The highest BCUT2D eigenvalue weighted by molar-refractivity contribution is 7.87. The Labute approximate surface area is 257 Å². The summed E-state index contributed by atoms with van der Waals surface area (Å²) in [5, 5.41) is 9.19. The molecule has 4 aromatic rings. The maximum Gasteiger partial charge on any atom is 0.141 e. The lowest BCUT2D eigenvalue weighted by Crippen LogP contribution is -2.00. The van der Waals surface area contributed by atoms with Gasteiger partial charge >= 0.3 is 0 Å². The van der Waals surface area contributed by atoms with E-state index in [1.165, 1.54) is 24.2 Å². The van der Waals surface area contributed by atoms with Crippen molar-refractivity contribution in [2.75, 3.05) is 11.5 Å². The number of rotatable bonds is 7. The molecular weight excluding hydrogens is 581 g/mol. The van der Waals surface area contributed by atoms with E-state index in [0.717, 1.165) is 55.1 Å². The van der Waals surface area contributed by atoms with Crippen LogP contribution in [0.4, 0.5) is 5.69 Å². The summed E-state index contributed by atoms with van der Waals surface area (Å²) in [6, 6.07) is 2.05. The molecule has 1 saturated carbocycles. The van der Waals surface area contributed by atoms with Gasteiger partial charge in [-0.1, -0.05) is 36.3 Å². The number of unbranched alkanes of at least 4 members (excludes halogenated alkanes) is 1. The highest BCUT2D eigenvalue weighted by Crippen LogP contribution is 2.45. The Bertz CT molecular complexity index is 1690. The van der Waals surface area contributed by atoms with Crippen LogP contribution in [0.2, 0.25) is 0 Å². The van der Waals surface area contributed by atoms with E-state index < -0.39 is 10.8 Å². The molecule has 1 unspecified atom stereocenters. The standard InChI is InChI=1S/C21H23N5OS3.2C5H4.CH3N/c1-3-4-9-30(27)21-17(22)16-13(15-11-24-18(26(15)2)12-5-6-12)10-14(25-20(16)29-21)19-23-7-8-28-19;2*1-3-5-4-2;1-2/h7-8,10-12H,3-6,9,22H2,1-2H3;2*1-2H2;2H,1H2. The van der Waals surface area contributed by atoms with Gasteiger partial charge in [0.05, 0.1) is 28.4 Å². The van der Waals surface area contributed by atoms with E-state index in [0.29, 0.717) is 17.4 Å². The fraction of sp³-hybridized carbons (Fsp3) is 0.250. The fourth-order valence-electron chi connectivity index (χ4n) is 3.82. The number of nitrogens with two attached hydrogens (primary N) is 1. The predicted molar refractivity (Wildman–Crippen MR) is 179 cm³/mol. The molecule has 0 bridgehead atoms. The van der Waals surface area contributed by atoms with Gasteiger partial charge in [-0.05, 0) is 69.8 Å². The monoisotopic (exact) mass is 614 g/mol. The molecule has 0 aliphatic heterocycles. The van der Waals surface area contributed by atoms with Crippen LogP contribution < -0.4 is 5.73 Å². The van der Waals surface area contributed by atoms with Crippen molar-refractivity contribution in [2.24, 2.45) is 7.05 Å². The van der Waals surface area contributed by atoms with Crippen LogP contribution in [0.25, 0.3) is 32.2 Å². The zero-order valence-corrected chi connectivity index (χ0v) is 26.4. The Morgan fingerprint density at radius 2 is 1.76 bits per heavy atom. The third-order valence-electron chi connectivity index (χ3n) is 5.80. The quantitative estimate of drug-likeness (QED) is 0.162. The van der Waals surface area contributed by atoms with Gasteiger partial charge in [-0.25, -0.2) is 15.0 Å². The summed E-state index contributed by atoms with van der Waals surface area (Å²) in [5.41, 5.74) is 24.1. The number of thiophene rings is 1. The van der Waals surface area contributed by atoms with Gasteiger partial charge in [0.25, 0.3) is 0 Å². The molecule has 0 aromatic carbocycles. The maximum atomic E-state index is 12.9. The lowest BCUT2D eigenvalue weighted by molar-refractivity contribution is 0.681. The predicted octanol–water partition coefficient (Wildman–Crippen LogP) is 7.99. The SMILES string of the molecule is C=C=C=C=C.C=C=C=C=C.C=N.CCCCS(=O)c1sc2nc(-c3nccs3)cc(-c3cnc(C4CC4)n3C)c2c1N. The van der Waals surface area contributed by atoms with Gasteiger partial charge < -0.3 is 15.7 Å². The summed E-state index contributed by atoms with van der Waals surface area (Å²) in [4.78, 5) is 14.8. The van der Waals surface area contributed by atoms with Crippen LogP contribution in [-0.2, 0) is 17.8 Å². The summed E-state index contributed by atoms with van der Waals surface area (Å²) < 4.78 is 15.8. The van der Waals surface area contributed by atoms with Crippen LogP contribution in [0.15, 0.2) is 88.8 Å². The smallest absolute Gasteiger partial charge is 0.141 e. The van der Waals surface area contributed by atoms with Crippen molar-refractivity contribution in [1.29, 1.82) is 5.41 Å². The van der Waals surface area contributed by atoms with Gasteiger partial charge in [0.1, 0.15) is 25.6 Å². The summed E-state index contributed by atoms with van der Waals surface area (Å²) in [6.45, 7) is 17.4. The average molecular weight is 615 g/mol. The molecule has 1 aliphatic carbocycles. The molecule has 1 aliphatic rings. The van der Waals surface area contributed by atoms with Crippen molar-refractivity contribution in [3.63, 3.8) is 0 Å². The minimum atomic E-state index is -1.11. The zero-order chi connectivity index (χ0) is 31.1. The van der Waals surface area contributed by atoms with Gasteiger partial charge in [-0.2, -0.15) is 0 Å². The number of nitrogens with zero attached hydrogens (tertiary/aromatic N) is 4. The van der Waals surface area contributed by atoms with E-state index in [1.54, 1.807) is 17.5 Å². The Balaban J connectivity index is 0.000000441. The molecule has 5 rings (SSSR count). The number of hydrogen-bond acceptors (Lipinski definition) is 8.